The van der Waals surface area contributed by atoms with Crippen LogP contribution < -0.4 is 16.1 Å². The highest BCUT2D eigenvalue weighted by atomic mass is 35.5. The highest BCUT2D eigenvalue weighted by Crippen LogP contribution is 2.31. The molecule has 1 amide bonds. The summed E-state index contributed by atoms with van der Waals surface area (Å²) in [6.45, 7) is -0.371. The predicted octanol–water partition coefficient (Wildman–Crippen LogP) is 3.82. The lowest BCUT2D eigenvalue weighted by Gasteiger charge is -2.16. The summed E-state index contributed by atoms with van der Waals surface area (Å²) in [7, 11) is 1.59. The van der Waals surface area contributed by atoms with Gasteiger partial charge in [-0.25, -0.2) is 9.36 Å². The second kappa shape index (κ2) is 8.32. The standard InChI is InChI=1S/C21H15Cl2N3O4S/c1-25(13-6-3-5-12(22)8-13)19(28)16-9-15(18(23)31-16)26-20(29)17-11(10-27)4-2-7-14(17)24-21(26)30/h2-9,27H,10H2,1H3,(H,24,30). The van der Waals surface area contributed by atoms with E-state index in [1.807, 2.05) is 0 Å². The second-order valence-corrected chi connectivity index (χ2v) is 8.77. The number of anilines is 1. The molecule has 31 heavy (non-hydrogen) atoms. The summed E-state index contributed by atoms with van der Waals surface area (Å²) >= 11 is 13.3. The zero-order chi connectivity index (χ0) is 22.3. The maximum atomic E-state index is 13.1. The molecule has 7 nitrogen and oxygen atoms in total. The van der Waals surface area contributed by atoms with Crippen molar-refractivity contribution in [2.24, 2.45) is 0 Å². The number of aliphatic hydroxyl groups is 1. The number of carbonyl (C=O) groups is 1. The molecule has 2 N–H and O–H groups in total. The number of aromatic amines is 1. The highest BCUT2D eigenvalue weighted by Gasteiger charge is 2.22. The maximum absolute atomic E-state index is 13.1. The SMILES string of the molecule is CN(C(=O)c1cc(-n2c(=O)[nH]c3cccc(CO)c3c2=O)c(Cl)s1)c1cccc(Cl)c1. The van der Waals surface area contributed by atoms with Gasteiger partial charge in [-0.1, -0.05) is 41.4 Å². The molecule has 0 saturated heterocycles. The number of nitrogens with zero attached hydrogens (tertiary/aromatic N) is 2. The molecule has 0 spiro atoms. The third kappa shape index (κ3) is 3.79. The summed E-state index contributed by atoms with van der Waals surface area (Å²) in [6, 6.07) is 13.0. The molecule has 0 aliphatic rings. The highest BCUT2D eigenvalue weighted by molar-refractivity contribution is 7.18. The number of aromatic nitrogens is 2. The van der Waals surface area contributed by atoms with E-state index in [9.17, 15) is 19.5 Å². The molecule has 2 aromatic heterocycles. The fourth-order valence-electron chi connectivity index (χ4n) is 3.27. The normalized spacial score (nSPS) is 11.1. The Morgan fingerprint density at radius 2 is 1.90 bits per heavy atom. The van der Waals surface area contributed by atoms with E-state index in [0.29, 0.717) is 21.8 Å². The molecule has 2 aromatic carbocycles. The van der Waals surface area contributed by atoms with Crippen LogP contribution in [0, 0.1) is 0 Å². The number of carbonyl (C=O) groups excluding carboxylic acids is 1. The van der Waals surface area contributed by atoms with Crippen molar-refractivity contribution in [1.29, 1.82) is 0 Å². The van der Waals surface area contributed by atoms with Crippen LogP contribution in [0.2, 0.25) is 9.36 Å². The average Bonchev–Trinajstić information content (AvgIpc) is 3.13. The van der Waals surface area contributed by atoms with Crippen LogP contribution in [0.3, 0.4) is 0 Å². The fraction of sp³-hybridized carbons (Fsp3) is 0.0952. The second-order valence-electron chi connectivity index (χ2n) is 6.68. The Kier molecular flexibility index (Phi) is 5.72. The van der Waals surface area contributed by atoms with Crippen LogP contribution in [0.4, 0.5) is 5.69 Å². The van der Waals surface area contributed by atoms with Crippen molar-refractivity contribution < 1.29 is 9.90 Å². The number of thiophene rings is 1. The molecule has 0 atom stereocenters. The van der Waals surface area contributed by atoms with E-state index in [4.69, 9.17) is 23.2 Å². The molecule has 0 radical (unpaired) electrons. The molecular formula is C21H15Cl2N3O4S. The van der Waals surface area contributed by atoms with Gasteiger partial charge < -0.3 is 15.0 Å². The number of hydrogen-bond donors (Lipinski definition) is 2. The average molecular weight is 476 g/mol. The Balaban J connectivity index is 1.83. The molecule has 4 aromatic rings. The van der Waals surface area contributed by atoms with E-state index >= 15 is 0 Å². The third-order valence-electron chi connectivity index (χ3n) is 4.80. The lowest BCUT2D eigenvalue weighted by molar-refractivity contribution is 0.0997. The minimum Gasteiger partial charge on any atom is -0.392 e. The molecule has 0 aliphatic carbocycles. The van der Waals surface area contributed by atoms with Crippen molar-refractivity contribution in [2.75, 3.05) is 11.9 Å². The summed E-state index contributed by atoms with van der Waals surface area (Å²) in [4.78, 5) is 43.0. The molecule has 158 valence electrons. The van der Waals surface area contributed by atoms with Crippen LogP contribution in [0.25, 0.3) is 16.6 Å². The van der Waals surface area contributed by atoms with Gasteiger partial charge in [0.2, 0.25) is 0 Å². The van der Waals surface area contributed by atoms with Gasteiger partial charge in [-0.15, -0.1) is 11.3 Å². The number of hydrogen-bond acceptors (Lipinski definition) is 5. The summed E-state index contributed by atoms with van der Waals surface area (Å²) in [5, 5.41) is 10.2. The van der Waals surface area contributed by atoms with Crippen molar-refractivity contribution >= 4 is 57.0 Å². The minimum atomic E-state index is -0.700. The van der Waals surface area contributed by atoms with Crippen molar-refractivity contribution in [2.45, 2.75) is 6.61 Å². The van der Waals surface area contributed by atoms with Gasteiger partial charge in [-0.2, -0.15) is 0 Å². The number of rotatable bonds is 4. The van der Waals surface area contributed by atoms with Gasteiger partial charge >= 0.3 is 5.69 Å². The van der Waals surface area contributed by atoms with E-state index in [1.54, 1.807) is 49.5 Å². The van der Waals surface area contributed by atoms with E-state index in [1.165, 1.54) is 11.0 Å². The monoisotopic (exact) mass is 475 g/mol. The van der Waals surface area contributed by atoms with Gasteiger partial charge in [0.1, 0.15) is 4.34 Å². The number of H-pyrrole nitrogens is 1. The number of aliphatic hydroxyl groups excluding tert-OH is 1. The molecule has 0 fully saturated rings. The van der Waals surface area contributed by atoms with E-state index in [-0.39, 0.29) is 32.8 Å². The fourth-order valence-corrected chi connectivity index (χ4v) is 4.68. The van der Waals surface area contributed by atoms with Gasteiger partial charge in [0.15, 0.2) is 0 Å². The number of fused-ring (bicyclic) bond motifs is 1. The van der Waals surface area contributed by atoms with Crippen molar-refractivity contribution in [3.63, 3.8) is 0 Å². The summed E-state index contributed by atoms with van der Waals surface area (Å²) in [5.74, 6) is -0.373. The van der Waals surface area contributed by atoms with Gasteiger partial charge in [0, 0.05) is 17.8 Å². The predicted molar refractivity (Wildman–Crippen MR) is 123 cm³/mol. The van der Waals surface area contributed by atoms with Crippen molar-refractivity contribution in [1.82, 2.24) is 9.55 Å². The van der Waals surface area contributed by atoms with Crippen LogP contribution in [0.1, 0.15) is 15.2 Å². The van der Waals surface area contributed by atoms with Crippen molar-refractivity contribution in [3.05, 3.63) is 89.2 Å². The first-order valence-corrected chi connectivity index (χ1v) is 10.6. The number of benzene rings is 2. The van der Waals surface area contributed by atoms with Gasteiger partial charge in [0.05, 0.1) is 28.1 Å². The van der Waals surface area contributed by atoms with Gasteiger partial charge in [-0.3, -0.25) is 9.59 Å². The number of nitrogens with one attached hydrogen (secondary N) is 1. The Morgan fingerprint density at radius 1 is 1.16 bits per heavy atom. The first-order valence-electron chi connectivity index (χ1n) is 9.03. The summed E-state index contributed by atoms with van der Waals surface area (Å²) < 4.78 is 0.979. The molecular weight excluding hydrogens is 461 g/mol. The quantitative estimate of drug-likeness (QED) is 0.468. The molecule has 0 bridgehead atoms. The molecule has 0 unspecified atom stereocenters. The lowest BCUT2D eigenvalue weighted by Crippen LogP contribution is -2.34. The molecule has 10 heteroatoms. The van der Waals surface area contributed by atoms with Gasteiger partial charge in [-0.05, 0) is 35.9 Å². The maximum Gasteiger partial charge on any atom is 0.333 e. The largest absolute Gasteiger partial charge is 0.392 e. The lowest BCUT2D eigenvalue weighted by atomic mass is 10.1. The zero-order valence-electron chi connectivity index (χ0n) is 16.1. The van der Waals surface area contributed by atoms with Crippen LogP contribution >= 0.6 is 34.5 Å². The molecule has 4 rings (SSSR count). The first kappa shape index (κ1) is 21.3. The number of halogens is 2. The summed E-state index contributed by atoms with van der Waals surface area (Å²) in [6.07, 6.45) is 0. The minimum absolute atomic E-state index is 0.0930. The molecule has 0 saturated carbocycles. The summed E-state index contributed by atoms with van der Waals surface area (Å²) in [5.41, 5.74) is 0.0176. The first-order chi connectivity index (χ1) is 14.8. The molecule has 2 heterocycles. The van der Waals surface area contributed by atoms with Crippen LogP contribution in [0.5, 0.6) is 0 Å². The Labute approximate surface area is 189 Å². The van der Waals surface area contributed by atoms with Gasteiger partial charge in [0.25, 0.3) is 11.5 Å². The Hall–Kier alpha value is -2.91. The van der Waals surface area contributed by atoms with E-state index in [0.717, 1.165) is 15.9 Å². The van der Waals surface area contributed by atoms with Crippen LogP contribution in [-0.4, -0.2) is 27.6 Å². The van der Waals surface area contributed by atoms with Crippen LogP contribution in [-0.2, 0) is 6.61 Å². The molecule has 0 aliphatic heterocycles. The smallest absolute Gasteiger partial charge is 0.333 e. The van der Waals surface area contributed by atoms with E-state index < -0.39 is 11.2 Å². The third-order valence-corrected chi connectivity index (χ3v) is 6.36. The number of amides is 1. The van der Waals surface area contributed by atoms with E-state index in [2.05, 4.69) is 4.98 Å². The zero-order valence-corrected chi connectivity index (χ0v) is 18.4. The Bertz CT molecular complexity index is 1440. The van der Waals surface area contributed by atoms with Crippen molar-refractivity contribution in [3.8, 4) is 5.69 Å². The van der Waals surface area contributed by atoms with Crippen LogP contribution in [0.15, 0.2) is 58.1 Å². The Morgan fingerprint density at radius 3 is 2.61 bits per heavy atom. The topological polar surface area (TPSA) is 95.4 Å².